The number of fused-ring (bicyclic) bond motifs is 1. The second-order valence-corrected chi connectivity index (χ2v) is 8.40. The molecule has 0 bridgehead atoms. The summed E-state index contributed by atoms with van der Waals surface area (Å²) in [5, 5.41) is 5.32. The van der Waals surface area contributed by atoms with Crippen LogP contribution in [0.2, 0.25) is 0 Å². The van der Waals surface area contributed by atoms with Crippen molar-refractivity contribution in [3.8, 4) is 5.75 Å². The number of amides is 1. The lowest BCUT2D eigenvalue weighted by Gasteiger charge is -2.34. The second-order valence-electron chi connectivity index (χ2n) is 8.40. The molecule has 1 aliphatic heterocycles. The molecule has 3 aromatic rings. The molecule has 2 heterocycles. The third kappa shape index (κ3) is 5.13. The van der Waals surface area contributed by atoms with Gasteiger partial charge in [-0.3, -0.25) is 9.59 Å². The van der Waals surface area contributed by atoms with E-state index in [1.54, 1.807) is 11.8 Å². The first-order chi connectivity index (χ1) is 17.0. The number of ether oxygens (including phenoxy) is 1. The van der Waals surface area contributed by atoms with E-state index in [1.807, 2.05) is 6.92 Å². The van der Waals surface area contributed by atoms with Gasteiger partial charge >= 0.3 is 6.36 Å². The van der Waals surface area contributed by atoms with Gasteiger partial charge in [-0.2, -0.15) is 0 Å². The summed E-state index contributed by atoms with van der Waals surface area (Å²) < 4.78 is 72.9. The summed E-state index contributed by atoms with van der Waals surface area (Å²) in [4.78, 5) is 27.5. The summed E-state index contributed by atoms with van der Waals surface area (Å²) in [6.45, 7) is 5.06. The molecule has 0 saturated carbocycles. The molecule has 1 fully saturated rings. The molecule has 2 aromatic carbocycles. The number of nitrogens with zero attached hydrogens (tertiary/aromatic N) is 2. The highest BCUT2D eigenvalue weighted by Crippen LogP contribution is 2.31. The van der Waals surface area contributed by atoms with Gasteiger partial charge in [0.05, 0.1) is 10.9 Å². The van der Waals surface area contributed by atoms with E-state index in [0.29, 0.717) is 19.6 Å². The van der Waals surface area contributed by atoms with Crippen LogP contribution in [0.5, 0.6) is 5.75 Å². The van der Waals surface area contributed by atoms with E-state index in [-0.39, 0.29) is 40.4 Å². The van der Waals surface area contributed by atoms with Crippen LogP contribution in [0, 0.1) is 11.6 Å². The third-order valence-electron chi connectivity index (χ3n) is 5.85. The zero-order chi connectivity index (χ0) is 26.2. The summed E-state index contributed by atoms with van der Waals surface area (Å²) in [5.74, 6) is -3.16. The predicted octanol–water partition coefficient (Wildman–Crippen LogP) is 4.25. The lowest BCUT2D eigenvalue weighted by atomic mass is 10.1. The number of carbonyl (C=O) groups excluding carboxylic acids is 1. The molecule has 7 nitrogen and oxygen atoms in total. The van der Waals surface area contributed by atoms with Gasteiger partial charge in [-0.25, -0.2) is 8.78 Å². The first-order valence-corrected chi connectivity index (χ1v) is 11.2. The molecule has 0 spiro atoms. The van der Waals surface area contributed by atoms with Crippen LogP contribution in [0.4, 0.5) is 33.3 Å². The molecule has 1 saturated heterocycles. The van der Waals surface area contributed by atoms with Crippen molar-refractivity contribution in [2.24, 2.45) is 0 Å². The summed E-state index contributed by atoms with van der Waals surface area (Å²) in [7, 11) is 0. The Kier molecular flexibility index (Phi) is 6.90. The van der Waals surface area contributed by atoms with E-state index in [4.69, 9.17) is 0 Å². The number of carbonyl (C=O) groups is 1. The van der Waals surface area contributed by atoms with E-state index in [1.165, 1.54) is 22.9 Å². The van der Waals surface area contributed by atoms with Gasteiger partial charge in [0.25, 0.3) is 5.91 Å². The Morgan fingerprint density at radius 1 is 1.22 bits per heavy atom. The largest absolute Gasteiger partial charge is 0.573 e. The second kappa shape index (κ2) is 9.76. The minimum Gasteiger partial charge on any atom is -0.406 e. The molecule has 1 aromatic heterocycles. The maximum absolute atomic E-state index is 15.6. The standard InChI is InChI=1S/C24H23F5N4O3/c1-3-32-12-17(23(35)31-14-4-6-15(7-5-14)36-24(27,28)29)22(34)16-10-18(25)21(19(26)20(16)32)33-9-8-30-13(2)11-33/h4-7,10,12-13,30H,3,8-9,11H2,1-2H3,(H,31,35). The molecule has 4 rings (SSSR count). The molecule has 12 heteroatoms. The fourth-order valence-corrected chi connectivity index (χ4v) is 4.25. The Morgan fingerprint density at radius 2 is 1.92 bits per heavy atom. The van der Waals surface area contributed by atoms with Gasteiger partial charge in [-0.05, 0) is 44.2 Å². The first kappa shape index (κ1) is 25.4. The van der Waals surface area contributed by atoms with E-state index in [2.05, 4.69) is 15.4 Å². The molecular formula is C24H23F5N4O3. The number of alkyl halides is 3. The minimum absolute atomic E-state index is 0.0155. The number of benzene rings is 2. The number of halogens is 5. The van der Waals surface area contributed by atoms with Crippen LogP contribution in [0.1, 0.15) is 24.2 Å². The van der Waals surface area contributed by atoms with Gasteiger partial charge in [-0.1, -0.05) is 0 Å². The number of rotatable bonds is 5. The number of aromatic nitrogens is 1. The van der Waals surface area contributed by atoms with Crippen molar-refractivity contribution < 1.29 is 31.5 Å². The molecule has 0 radical (unpaired) electrons. The predicted molar refractivity (Wildman–Crippen MR) is 125 cm³/mol. The van der Waals surface area contributed by atoms with Gasteiger partial charge in [-0.15, -0.1) is 13.2 Å². The molecule has 2 N–H and O–H groups in total. The smallest absolute Gasteiger partial charge is 0.406 e. The molecule has 1 aliphatic rings. The van der Waals surface area contributed by atoms with E-state index in [0.717, 1.165) is 18.2 Å². The number of piperazine rings is 1. The highest BCUT2D eigenvalue weighted by atomic mass is 19.4. The average molecular weight is 510 g/mol. The van der Waals surface area contributed by atoms with Crippen molar-refractivity contribution in [2.75, 3.05) is 29.9 Å². The lowest BCUT2D eigenvalue weighted by Crippen LogP contribution is -2.49. The van der Waals surface area contributed by atoms with Crippen LogP contribution in [-0.2, 0) is 6.54 Å². The molecule has 1 atom stereocenters. The Bertz CT molecular complexity index is 1360. The Hall–Kier alpha value is -3.67. The maximum atomic E-state index is 15.6. The first-order valence-electron chi connectivity index (χ1n) is 11.2. The van der Waals surface area contributed by atoms with Crippen LogP contribution >= 0.6 is 0 Å². The van der Waals surface area contributed by atoms with Crippen molar-refractivity contribution in [2.45, 2.75) is 32.8 Å². The lowest BCUT2D eigenvalue weighted by molar-refractivity contribution is -0.274. The topological polar surface area (TPSA) is 75.6 Å². The zero-order valence-electron chi connectivity index (χ0n) is 19.4. The maximum Gasteiger partial charge on any atom is 0.573 e. The number of hydrogen-bond acceptors (Lipinski definition) is 5. The van der Waals surface area contributed by atoms with Gasteiger partial charge in [0.1, 0.15) is 22.8 Å². The quantitative estimate of drug-likeness (QED) is 0.502. The van der Waals surface area contributed by atoms with Crippen molar-refractivity contribution in [3.05, 3.63) is 63.9 Å². The summed E-state index contributed by atoms with van der Waals surface area (Å²) in [6.07, 6.45) is -3.68. The van der Waals surface area contributed by atoms with E-state index >= 15 is 8.78 Å². The molecular weight excluding hydrogens is 487 g/mol. The van der Waals surface area contributed by atoms with Crippen LogP contribution in [0.15, 0.2) is 41.3 Å². The fourth-order valence-electron chi connectivity index (χ4n) is 4.25. The fraction of sp³-hybridized carbons (Fsp3) is 0.333. The monoisotopic (exact) mass is 510 g/mol. The van der Waals surface area contributed by atoms with Crippen molar-refractivity contribution in [3.63, 3.8) is 0 Å². The Morgan fingerprint density at radius 3 is 2.53 bits per heavy atom. The summed E-state index contributed by atoms with van der Waals surface area (Å²) in [5.41, 5.74) is -1.49. The molecule has 192 valence electrons. The van der Waals surface area contributed by atoms with E-state index in [9.17, 15) is 22.8 Å². The van der Waals surface area contributed by atoms with Crippen LogP contribution in [0.25, 0.3) is 10.9 Å². The number of anilines is 2. The third-order valence-corrected chi connectivity index (χ3v) is 5.85. The number of nitrogens with one attached hydrogen (secondary N) is 2. The Labute approximate surface area is 202 Å². The molecule has 0 aliphatic carbocycles. The van der Waals surface area contributed by atoms with E-state index < -0.39 is 35.1 Å². The van der Waals surface area contributed by atoms with Gasteiger partial charge in [0.15, 0.2) is 5.82 Å². The number of aryl methyl sites for hydroxylation is 1. The number of pyridine rings is 1. The number of hydrogen-bond donors (Lipinski definition) is 2. The van der Waals surface area contributed by atoms with Crippen molar-refractivity contribution in [1.29, 1.82) is 0 Å². The molecule has 1 amide bonds. The van der Waals surface area contributed by atoms with Crippen molar-refractivity contribution in [1.82, 2.24) is 9.88 Å². The van der Waals surface area contributed by atoms with Crippen LogP contribution in [0.3, 0.4) is 0 Å². The van der Waals surface area contributed by atoms with Gasteiger partial charge < -0.3 is 24.8 Å². The minimum atomic E-state index is -4.87. The van der Waals surface area contributed by atoms with Crippen LogP contribution < -0.4 is 25.7 Å². The SMILES string of the molecule is CCn1cc(C(=O)Nc2ccc(OC(F)(F)F)cc2)c(=O)c2cc(F)c(N3CCNC(C)C3)c(F)c21. The highest BCUT2D eigenvalue weighted by molar-refractivity contribution is 6.06. The van der Waals surface area contributed by atoms with Crippen molar-refractivity contribution >= 4 is 28.2 Å². The van der Waals surface area contributed by atoms with Gasteiger partial charge in [0.2, 0.25) is 5.43 Å². The molecule has 1 unspecified atom stereocenters. The normalized spacial score (nSPS) is 16.3. The summed E-state index contributed by atoms with van der Waals surface area (Å²) >= 11 is 0. The van der Waals surface area contributed by atoms with Crippen LogP contribution in [-0.4, -0.2) is 42.5 Å². The van der Waals surface area contributed by atoms with Gasteiger partial charge in [0, 0.05) is 44.1 Å². The Balaban J connectivity index is 1.70. The zero-order valence-corrected chi connectivity index (χ0v) is 19.4. The summed E-state index contributed by atoms with van der Waals surface area (Å²) in [6, 6.07) is 5.28. The average Bonchev–Trinajstić information content (AvgIpc) is 2.80. The highest BCUT2D eigenvalue weighted by Gasteiger charge is 2.31. The molecule has 36 heavy (non-hydrogen) atoms.